The quantitative estimate of drug-likeness (QED) is 0.776. The summed E-state index contributed by atoms with van der Waals surface area (Å²) in [7, 11) is 0. The number of rotatable bonds is 4. The number of aromatic nitrogens is 1. The van der Waals surface area contributed by atoms with Gasteiger partial charge in [-0.1, -0.05) is 35.5 Å². The highest BCUT2D eigenvalue weighted by molar-refractivity contribution is 5.95. The van der Waals surface area contributed by atoms with Gasteiger partial charge < -0.3 is 14.9 Å². The molecule has 0 aliphatic carbocycles. The Morgan fingerprint density at radius 2 is 1.95 bits per heavy atom. The Morgan fingerprint density at radius 1 is 1.23 bits per heavy atom. The Morgan fingerprint density at radius 3 is 2.77 bits per heavy atom. The third-order valence-electron chi connectivity index (χ3n) is 3.47. The van der Waals surface area contributed by atoms with E-state index in [0.717, 1.165) is 5.39 Å². The number of nitrogens with one attached hydrogen (secondary N) is 1. The highest BCUT2D eigenvalue weighted by Gasteiger charge is 2.14. The van der Waals surface area contributed by atoms with Crippen LogP contribution in [0.1, 0.15) is 24.3 Å². The first-order valence-electron chi connectivity index (χ1n) is 7.05. The monoisotopic (exact) mass is 296 g/mol. The van der Waals surface area contributed by atoms with Gasteiger partial charge in [0.05, 0.1) is 12.5 Å². The molecule has 1 heterocycles. The minimum Gasteiger partial charge on any atom is -0.389 e. The topological polar surface area (TPSA) is 75.4 Å². The number of para-hydroxylation sites is 2. The molecule has 5 heteroatoms. The number of carbonyl (C=O) groups excluding carboxylic acids is 1. The van der Waals surface area contributed by atoms with E-state index in [1.54, 1.807) is 19.1 Å². The number of hydrogen-bond acceptors (Lipinski definition) is 4. The highest BCUT2D eigenvalue weighted by atomic mass is 16.5. The number of carbonyl (C=O) groups is 1. The molecule has 1 unspecified atom stereocenters. The lowest BCUT2D eigenvalue weighted by atomic mass is 10.1. The third kappa shape index (κ3) is 2.84. The largest absolute Gasteiger partial charge is 0.389 e. The van der Waals surface area contributed by atoms with E-state index in [0.29, 0.717) is 22.5 Å². The molecular weight excluding hydrogens is 280 g/mol. The lowest BCUT2D eigenvalue weighted by Gasteiger charge is -2.12. The number of aliphatic hydroxyl groups is 1. The maximum absolute atomic E-state index is 12.2. The molecule has 0 bridgehead atoms. The van der Waals surface area contributed by atoms with E-state index in [-0.39, 0.29) is 12.3 Å². The maximum Gasteiger partial charge on any atom is 0.230 e. The van der Waals surface area contributed by atoms with Gasteiger partial charge in [0.2, 0.25) is 5.91 Å². The summed E-state index contributed by atoms with van der Waals surface area (Å²) < 4.78 is 5.19. The smallest absolute Gasteiger partial charge is 0.230 e. The van der Waals surface area contributed by atoms with Crippen LogP contribution in [-0.2, 0) is 11.2 Å². The number of aliphatic hydroxyl groups excluding tert-OH is 1. The molecule has 0 aliphatic heterocycles. The van der Waals surface area contributed by atoms with Crippen molar-refractivity contribution in [3.63, 3.8) is 0 Å². The second kappa shape index (κ2) is 5.99. The lowest BCUT2D eigenvalue weighted by molar-refractivity contribution is -0.115. The molecule has 0 spiro atoms. The van der Waals surface area contributed by atoms with Crippen molar-refractivity contribution in [3.8, 4) is 0 Å². The number of fused-ring (bicyclic) bond motifs is 1. The van der Waals surface area contributed by atoms with Crippen LogP contribution < -0.4 is 5.32 Å². The predicted molar refractivity (Wildman–Crippen MR) is 83.4 cm³/mol. The summed E-state index contributed by atoms with van der Waals surface area (Å²) in [5, 5.41) is 17.3. The first-order chi connectivity index (χ1) is 10.6. The highest BCUT2D eigenvalue weighted by Crippen LogP contribution is 2.23. The molecule has 3 rings (SSSR count). The maximum atomic E-state index is 12.2. The Hall–Kier alpha value is -2.66. The van der Waals surface area contributed by atoms with E-state index < -0.39 is 6.10 Å². The fourth-order valence-electron chi connectivity index (χ4n) is 2.39. The van der Waals surface area contributed by atoms with Gasteiger partial charge in [-0.05, 0) is 25.1 Å². The van der Waals surface area contributed by atoms with E-state index in [2.05, 4.69) is 10.5 Å². The Bertz CT molecular complexity index is 808. The van der Waals surface area contributed by atoms with Gasteiger partial charge in [-0.2, -0.15) is 0 Å². The molecule has 112 valence electrons. The van der Waals surface area contributed by atoms with Crippen molar-refractivity contribution < 1.29 is 14.4 Å². The summed E-state index contributed by atoms with van der Waals surface area (Å²) in [4.78, 5) is 12.2. The average molecular weight is 296 g/mol. The molecule has 22 heavy (non-hydrogen) atoms. The fraction of sp³-hybridized carbons (Fsp3) is 0.176. The van der Waals surface area contributed by atoms with Gasteiger partial charge in [0.25, 0.3) is 0 Å². The van der Waals surface area contributed by atoms with E-state index in [4.69, 9.17) is 4.52 Å². The van der Waals surface area contributed by atoms with Crippen LogP contribution in [0.5, 0.6) is 0 Å². The van der Waals surface area contributed by atoms with Crippen molar-refractivity contribution in [2.24, 2.45) is 0 Å². The van der Waals surface area contributed by atoms with Crippen molar-refractivity contribution in [2.75, 3.05) is 5.32 Å². The SMILES string of the molecule is CC(O)c1ccccc1NC(=O)Cc1noc2ccccc12. The molecule has 0 fully saturated rings. The minimum atomic E-state index is -0.649. The number of nitrogens with zero attached hydrogens (tertiary/aromatic N) is 1. The molecule has 2 N–H and O–H groups in total. The summed E-state index contributed by atoms with van der Waals surface area (Å²) in [5.41, 5.74) is 2.55. The van der Waals surface area contributed by atoms with Crippen molar-refractivity contribution in [1.82, 2.24) is 5.16 Å². The van der Waals surface area contributed by atoms with Gasteiger partial charge in [0.1, 0.15) is 5.69 Å². The summed E-state index contributed by atoms with van der Waals surface area (Å²) >= 11 is 0. The third-order valence-corrected chi connectivity index (χ3v) is 3.47. The molecule has 0 aliphatic rings. The number of amides is 1. The molecule has 5 nitrogen and oxygen atoms in total. The summed E-state index contributed by atoms with van der Waals surface area (Å²) in [6.07, 6.45) is -0.532. The van der Waals surface area contributed by atoms with Gasteiger partial charge in [-0.3, -0.25) is 4.79 Å². The van der Waals surface area contributed by atoms with Crippen LogP contribution >= 0.6 is 0 Å². The van der Waals surface area contributed by atoms with Gasteiger partial charge >= 0.3 is 0 Å². The van der Waals surface area contributed by atoms with Crippen molar-refractivity contribution in [1.29, 1.82) is 0 Å². The van der Waals surface area contributed by atoms with Gasteiger partial charge in [-0.25, -0.2) is 0 Å². The summed E-state index contributed by atoms with van der Waals surface area (Å²) in [6.45, 7) is 1.66. The molecule has 1 aromatic heterocycles. The second-order valence-electron chi connectivity index (χ2n) is 5.11. The van der Waals surface area contributed by atoms with Crippen LogP contribution in [0.15, 0.2) is 53.1 Å². The minimum absolute atomic E-state index is 0.116. The summed E-state index contributed by atoms with van der Waals surface area (Å²) in [6, 6.07) is 14.6. The Labute approximate surface area is 127 Å². The molecule has 2 aromatic carbocycles. The lowest BCUT2D eigenvalue weighted by Crippen LogP contribution is -2.16. The molecule has 1 atom stereocenters. The van der Waals surface area contributed by atoms with E-state index in [9.17, 15) is 9.90 Å². The standard InChI is InChI=1S/C17H16N2O3/c1-11(20)12-6-2-4-8-14(12)18-17(21)10-15-13-7-3-5-9-16(13)22-19-15/h2-9,11,20H,10H2,1H3,(H,18,21). The molecule has 0 radical (unpaired) electrons. The van der Waals surface area contributed by atoms with Crippen LogP contribution in [0, 0.1) is 0 Å². The molecule has 3 aromatic rings. The first-order valence-corrected chi connectivity index (χ1v) is 7.05. The van der Waals surface area contributed by atoms with Crippen molar-refractivity contribution in [3.05, 3.63) is 59.8 Å². The normalized spacial score (nSPS) is 12.3. The van der Waals surface area contributed by atoms with Crippen LogP contribution in [0.4, 0.5) is 5.69 Å². The van der Waals surface area contributed by atoms with Gasteiger partial charge in [0, 0.05) is 16.6 Å². The van der Waals surface area contributed by atoms with E-state index in [1.165, 1.54) is 0 Å². The molecule has 1 amide bonds. The Balaban J connectivity index is 1.79. The zero-order valence-electron chi connectivity index (χ0n) is 12.1. The summed E-state index contributed by atoms with van der Waals surface area (Å²) in [5.74, 6) is -0.202. The molecular formula is C17H16N2O3. The fourth-order valence-corrected chi connectivity index (χ4v) is 2.39. The number of hydrogen-bond donors (Lipinski definition) is 2. The molecule has 0 saturated carbocycles. The molecule has 0 saturated heterocycles. The van der Waals surface area contributed by atoms with Gasteiger partial charge in [0.15, 0.2) is 5.58 Å². The Kier molecular flexibility index (Phi) is 3.89. The van der Waals surface area contributed by atoms with Crippen LogP contribution in [0.2, 0.25) is 0 Å². The average Bonchev–Trinajstić information content (AvgIpc) is 2.91. The van der Waals surface area contributed by atoms with E-state index >= 15 is 0 Å². The second-order valence-corrected chi connectivity index (χ2v) is 5.11. The zero-order valence-corrected chi connectivity index (χ0v) is 12.1. The van der Waals surface area contributed by atoms with Crippen molar-refractivity contribution in [2.45, 2.75) is 19.4 Å². The predicted octanol–water partition coefficient (Wildman–Crippen LogP) is 3.06. The van der Waals surface area contributed by atoms with Gasteiger partial charge in [-0.15, -0.1) is 0 Å². The van der Waals surface area contributed by atoms with Crippen LogP contribution in [0.3, 0.4) is 0 Å². The van der Waals surface area contributed by atoms with Crippen LogP contribution in [0.25, 0.3) is 11.0 Å². The number of anilines is 1. The van der Waals surface area contributed by atoms with Crippen LogP contribution in [-0.4, -0.2) is 16.2 Å². The van der Waals surface area contributed by atoms with E-state index in [1.807, 2.05) is 36.4 Å². The first kappa shape index (κ1) is 14.3. The van der Waals surface area contributed by atoms with Crippen molar-refractivity contribution >= 4 is 22.6 Å². The number of benzene rings is 2. The zero-order chi connectivity index (χ0) is 15.5.